The van der Waals surface area contributed by atoms with E-state index in [9.17, 15) is 14.7 Å². The minimum atomic E-state index is -0.948. The van der Waals surface area contributed by atoms with Gasteiger partial charge >= 0.3 is 6.09 Å². The summed E-state index contributed by atoms with van der Waals surface area (Å²) < 4.78 is 4.38. The van der Waals surface area contributed by atoms with Crippen LogP contribution in [-0.4, -0.2) is 36.2 Å². The molecule has 0 rings (SSSR count). The maximum absolute atomic E-state index is 11.8. The normalized spacial score (nSPS) is 15.3. The fourth-order valence-corrected chi connectivity index (χ4v) is 1.06. The number of alkyl carbamates (subject to hydrolysis) is 1. The SMILES string of the molecule is COC(=O)NC(C(=O)C(C)(C)C)C(C)O. The van der Waals surface area contributed by atoms with Crippen molar-refractivity contribution < 1.29 is 19.4 Å². The van der Waals surface area contributed by atoms with Crippen molar-refractivity contribution in [3.8, 4) is 0 Å². The number of amides is 1. The first-order valence-corrected chi connectivity index (χ1v) is 4.77. The Hall–Kier alpha value is -1.10. The molecule has 0 aromatic carbocycles. The van der Waals surface area contributed by atoms with Gasteiger partial charge in [0, 0.05) is 5.41 Å². The van der Waals surface area contributed by atoms with Crippen LogP contribution in [0.5, 0.6) is 0 Å². The van der Waals surface area contributed by atoms with E-state index < -0.39 is 23.7 Å². The molecule has 15 heavy (non-hydrogen) atoms. The molecule has 0 aliphatic carbocycles. The molecule has 0 bridgehead atoms. The van der Waals surface area contributed by atoms with Gasteiger partial charge in [-0.2, -0.15) is 0 Å². The van der Waals surface area contributed by atoms with Crippen molar-refractivity contribution in [2.24, 2.45) is 5.41 Å². The molecule has 0 aliphatic rings. The zero-order chi connectivity index (χ0) is 12.2. The fourth-order valence-electron chi connectivity index (χ4n) is 1.06. The fraction of sp³-hybridized carbons (Fsp3) is 0.800. The van der Waals surface area contributed by atoms with Crippen molar-refractivity contribution >= 4 is 11.9 Å². The van der Waals surface area contributed by atoms with Gasteiger partial charge in [0.2, 0.25) is 0 Å². The zero-order valence-electron chi connectivity index (χ0n) is 9.83. The van der Waals surface area contributed by atoms with E-state index in [0.29, 0.717) is 0 Å². The topological polar surface area (TPSA) is 75.6 Å². The van der Waals surface area contributed by atoms with Crippen molar-refractivity contribution in [3.05, 3.63) is 0 Å². The highest BCUT2D eigenvalue weighted by Crippen LogP contribution is 2.18. The van der Waals surface area contributed by atoms with Gasteiger partial charge in [-0.25, -0.2) is 4.79 Å². The lowest BCUT2D eigenvalue weighted by Crippen LogP contribution is -2.51. The molecule has 2 unspecified atom stereocenters. The second-order valence-corrected chi connectivity index (χ2v) is 4.47. The summed E-state index contributed by atoms with van der Waals surface area (Å²) in [6, 6.07) is -0.933. The third kappa shape index (κ3) is 4.29. The molecule has 2 N–H and O–H groups in total. The summed E-state index contributed by atoms with van der Waals surface area (Å²) in [5, 5.41) is 11.7. The maximum atomic E-state index is 11.8. The molecule has 0 aromatic rings. The number of nitrogens with one attached hydrogen (secondary N) is 1. The average molecular weight is 217 g/mol. The number of carbonyl (C=O) groups is 2. The standard InChI is InChI=1S/C10H19NO4/c1-6(12)7(11-9(14)15-5)8(13)10(2,3)4/h6-7,12H,1-5H3,(H,11,14). The monoisotopic (exact) mass is 217 g/mol. The van der Waals surface area contributed by atoms with E-state index in [4.69, 9.17) is 0 Å². The third-order valence-electron chi connectivity index (χ3n) is 1.96. The number of Topliss-reactive ketones (excluding diaryl/α,β-unsaturated/α-hetero) is 1. The van der Waals surface area contributed by atoms with Crippen LogP contribution in [0.4, 0.5) is 4.79 Å². The number of aliphatic hydroxyl groups is 1. The second kappa shape index (κ2) is 5.11. The molecule has 0 spiro atoms. The molecule has 0 saturated carbocycles. The molecule has 1 amide bonds. The van der Waals surface area contributed by atoms with E-state index in [1.54, 1.807) is 20.8 Å². The van der Waals surface area contributed by atoms with Crippen LogP contribution < -0.4 is 5.32 Å². The number of methoxy groups -OCH3 is 1. The molecular formula is C10H19NO4. The van der Waals surface area contributed by atoms with Gasteiger partial charge in [0.05, 0.1) is 13.2 Å². The van der Waals surface area contributed by atoms with Gasteiger partial charge in [0.1, 0.15) is 6.04 Å². The van der Waals surface area contributed by atoms with Gasteiger partial charge in [-0.05, 0) is 6.92 Å². The highest BCUT2D eigenvalue weighted by atomic mass is 16.5. The van der Waals surface area contributed by atoms with Crippen LogP contribution in [0.2, 0.25) is 0 Å². The molecule has 0 aliphatic heterocycles. The summed E-state index contributed by atoms with van der Waals surface area (Å²) in [5.74, 6) is -0.233. The highest BCUT2D eigenvalue weighted by molar-refractivity contribution is 5.91. The van der Waals surface area contributed by atoms with E-state index in [1.165, 1.54) is 14.0 Å². The number of ether oxygens (including phenoxy) is 1. The van der Waals surface area contributed by atoms with Gasteiger partial charge in [-0.3, -0.25) is 4.79 Å². The predicted molar refractivity (Wildman–Crippen MR) is 55.5 cm³/mol. The highest BCUT2D eigenvalue weighted by Gasteiger charge is 2.33. The van der Waals surface area contributed by atoms with E-state index in [-0.39, 0.29) is 5.78 Å². The molecule has 0 fully saturated rings. The van der Waals surface area contributed by atoms with Crippen molar-refractivity contribution in [2.45, 2.75) is 39.8 Å². The molecule has 0 saturated heterocycles. The Morgan fingerprint density at radius 1 is 1.33 bits per heavy atom. The predicted octanol–water partition coefficient (Wildman–Crippen LogP) is 0.707. The van der Waals surface area contributed by atoms with Gasteiger partial charge in [-0.1, -0.05) is 20.8 Å². The number of hydrogen-bond donors (Lipinski definition) is 2. The first-order valence-electron chi connectivity index (χ1n) is 4.77. The van der Waals surface area contributed by atoms with Crippen LogP contribution in [0.15, 0.2) is 0 Å². The smallest absolute Gasteiger partial charge is 0.407 e. The van der Waals surface area contributed by atoms with Gasteiger partial charge in [0.15, 0.2) is 5.78 Å². The summed E-state index contributed by atoms with van der Waals surface area (Å²) in [6.07, 6.45) is -1.67. The Kier molecular flexibility index (Phi) is 4.74. The molecule has 0 aromatic heterocycles. The van der Waals surface area contributed by atoms with E-state index in [2.05, 4.69) is 10.1 Å². The van der Waals surface area contributed by atoms with Gasteiger partial charge < -0.3 is 15.2 Å². The molecule has 5 nitrogen and oxygen atoms in total. The number of carbonyl (C=O) groups excluding carboxylic acids is 2. The quantitative estimate of drug-likeness (QED) is 0.730. The Bertz CT molecular complexity index is 242. The van der Waals surface area contributed by atoms with Crippen molar-refractivity contribution in [1.82, 2.24) is 5.32 Å². The van der Waals surface area contributed by atoms with Crippen LogP contribution in [0.3, 0.4) is 0 Å². The van der Waals surface area contributed by atoms with E-state index >= 15 is 0 Å². The van der Waals surface area contributed by atoms with Gasteiger partial charge in [-0.15, -0.1) is 0 Å². The summed E-state index contributed by atoms with van der Waals surface area (Å²) in [7, 11) is 1.20. The minimum Gasteiger partial charge on any atom is -0.453 e. The Morgan fingerprint density at radius 2 is 1.80 bits per heavy atom. The lowest BCUT2D eigenvalue weighted by molar-refractivity contribution is -0.130. The molecule has 0 heterocycles. The minimum absolute atomic E-state index is 0.233. The summed E-state index contributed by atoms with van der Waals surface area (Å²) >= 11 is 0. The lowest BCUT2D eigenvalue weighted by atomic mass is 9.85. The molecular weight excluding hydrogens is 198 g/mol. The summed E-state index contributed by atoms with van der Waals surface area (Å²) in [6.45, 7) is 6.63. The maximum Gasteiger partial charge on any atom is 0.407 e. The molecule has 0 radical (unpaired) electrons. The Labute approximate surface area is 89.8 Å². The van der Waals surface area contributed by atoms with E-state index in [0.717, 1.165) is 0 Å². The van der Waals surface area contributed by atoms with Crippen LogP contribution in [-0.2, 0) is 9.53 Å². The van der Waals surface area contributed by atoms with Crippen LogP contribution >= 0.6 is 0 Å². The lowest BCUT2D eigenvalue weighted by Gasteiger charge is -2.26. The van der Waals surface area contributed by atoms with E-state index in [1.807, 2.05) is 0 Å². The largest absolute Gasteiger partial charge is 0.453 e. The molecule has 88 valence electrons. The average Bonchev–Trinajstić information content (AvgIpc) is 2.10. The summed E-state index contributed by atoms with van der Waals surface area (Å²) in [5.41, 5.74) is -0.622. The Balaban J connectivity index is 4.68. The van der Waals surface area contributed by atoms with Crippen molar-refractivity contribution in [1.29, 1.82) is 0 Å². The number of rotatable bonds is 3. The summed E-state index contributed by atoms with van der Waals surface area (Å²) in [4.78, 5) is 22.8. The van der Waals surface area contributed by atoms with Crippen molar-refractivity contribution in [2.75, 3.05) is 7.11 Å². The first-order chi connectivity index (χ1) is 6.70. The van der Waals surface area contributed by atoms with Crippen LogP contribution in [0.25, 0.3) is 0 Å². The van der Waals surface area contributed by atoms with Crippen LogP contribution in [0, 0.1) is 5.41 Å². The third-order valence-corrected chi connectivity index (χ3v) is 1.96. The second-order valence-electron chi connectivity index (χ2n) is 4.47. The zero-order valence-corrected chi connectivity index (χ0v) is 9.83. The first kappa shape index (κ1) is 13.9. The van der Waals surface area contributed by atoms with Gasteiger partial charge in [0.25, 0.3) is 0 Å². The number of hydrogen-bond acceptors (Lipinski definition) is 4. The van der Waals surface area contributed by atoms with Crippen LogP contribution in [0.1, 0.15) is 27.7 Å². The number of ketones is 1. The van der Waals surface area contributed by atoms with Crippen molar-refractivity contribution in [3.63, 3.8) is 0 Å². The molecule has 5 heteroatoms. The Morgan fingerprint density at radius 3 is 2.07 bits per heavy atom. The number of aliphatic hydroxyl groups excluding tert-OH is 1. The molecule has 2 atom stereocenters.